The van der Waals surface area contributed by atoms with Crippen molar-refractivity contribution in [1.82, 2.24) is 0 Å². The zero-order valence-corrected chi connectivity index (χ0v) is 15.2. The molecule has 1 aliphatic rings. The molecule has 0 radical (unpaired) electrons. The average Bonchev–Trinajstić information content (AvgIpc) is 2.93. The predicted octanol–water partition coefficient (Wildman–Crippen LogP) is 4.85. The minimum Gasteiger partial charge on any atom is -0.508 e. The monoisotopic (exact) mass is 387 g/mol. The van der Waals surface area contributed by atoms with Crippen LogP contribution in [0.15, 0.2) is 69.8 Å². The number of esters is 1. The van der Waals surface area contributed by atoms with Crippen LogP contribution in [0.25, 0.3) is 6.08 Å². The molecule has 2 aromatic carbocycles. The van der Waals surface area contributed by atoms with Gasteiger partial charge in [-0.25, -0.2) is 9.79 Å². The smallest absolute Gasteiger partial charge is 0.344 e. The summed E-state index contributed by atoms with van der Waals surface area (Å²) in [6.45, 7) is 0. The molecule has 0 aliphatic carbocycles. The third kappa shape index (κ3) is 3.92. The quantitative estimate of drug-likeness (QED) is 0.736. The lowest BCUT2D eigenvalue weighted by Crippen LogP contribution is -2.10. The van der Waals surface area contributed by atoms with E-state index in [1.807, 2.05) is 0 Å². The van der Waals surface area contributed by atoms with Gasteiger partial charge >= 0.3 is 5.97 Å². The molecule has 0 bridgehead atoms. The van der Waals surface area contributed by atoms with E-state index >= 15 is 0 Å². The van der Waals surface area contributed by atoms with Crippen LogP contribution in [0, 0.1) is 0 Å². The van der Waals surface area contributed by atoms with E-state index in [2.05, 4.69) is 4.99 Å². The number of hydrogen-bond donors (Lipinski definition) is 2. The van der Waals surface area contributed by atoms with E-state index in [1.54, 1.807) is 42.5 Å². The molecule has 0 atom stereocenters. The second-order valence-electron chi connectivity index (χ2n) is 5.31. The molecule has 0 unspecified atom stereocenters. The third-order valence-corrected chi connectivity index (χ3v) is 4.80. The molecule has 2 aromatic rings. The Bertz CT molecular complexity index is 931. The number of aliphatic imine (C=N–C) groups is 1. The molecule has 0 spiro atoms. The highest BCUT2D eigenvalue weighted by molar-refractivity contribution is 8.18. The Labute approximate surface area is 159 Å². The summed E-state index contributed by atoms with van der Waals surface area (Å²) in [5.41, 5.74) is 1.36. The van der Waals surface area contributed by atoms with Gasteiger partial charge in [0.15, 0.2) is 0 Å². The Morgan fingerprint density at radius 1 is 1.12 bits per heavy atom. The lowest BCUT2D eigenvalue weighted by atomic mass is 10.1. The van der Waals surface area contributed by atoms with Gasteiger partial charge in [-0.3, -0.25) is 0 Å². The first-order chi connectivity index (χ1) is 12.5. The van der Waals surface area contributed by atoms with Crippen molar-refractivity contribution in [3.8, 4) is 5.75 Å². The molecule has 5 nitrogen and oxygen atoms in total. The molecule has 7 heteroatoms. The maximum Gasteiger partial charge on any atom is 0.344 e. The number of benzene rings is 2. The Morgan fingerprint density at radius 3 is 2.38 bits per heavy atom. The molecule has 1 aliphatic heterocycles. The van der Waals surface area contributed by atoms with Crippen LogP contribution in [0.3, 0.4) is 0 Å². The van der Waals surface area contributed by atoms with Gasteiger partial charge in [0.05, 0.1) is 17.7 Å². The zero-order chi connectivity index (χ0) is 18.7. The molecule has 26 heavy (non-hydrogen) atoms. The van der Waals surface area contributed by atoms with Crippen molar-refractivity contribution in [2.75, 3.05) is 7.11 Å². The third-order valence-electron chi connectivity index (χ3n) is 3.53. The molecule has 1 heterocycles. The highest BCUT2D eigenvalue weighted by Gasteiger charge is 2.32. The summed E-state index contributed by atoms with van der Waals surface area (Å²) >= 11 is 7.03. The van der Waals surface area contributed by atoms with Gasteiger partial charge < -0.3 is 14.9 Å². The lowest BCUT2D eigenvalue weighted by Gasteiger charge is -2.02. The molecular formula is C19H14ClNO4S. The number of hydrogen-bond acceptors (Lipinski definition) is 6. The average molecular weight is 388 g/mol. The minimum absolute atomic E-state index is 0.0116. The Hall–Kier alpha value is -2.70. The fourth-order valence-electron chi connectivity index (χ4n) is 2.25. The summed E-state index contributed by atoms with van der Waals surface area (Å²) in [6.07, 6.45) is 1.70. The fourth-order valence-corrected chi connectivity index (χ4v) is 3.41. The van der Waals surface area contributed by atoms with E-state index in [0.717, 1.165) is 17.3 Å². The van der Waals surface area contributed by atoms with E-state index in [9.17, 15) is 15.0 Å². The zero-order valence-electron chi connectivity index (χ0n) is 13.6. The first kappa shape index (κ1) is 18.1. The number of aliphatic hydroxyl groups is 1. The lowest BCUT2D eigenvalue weighted by molar-refractivity contribution is -0.135. The number of methoxy groups -OCH3 is 1. The van der Waals surface area contributed by atoms with Crippen molar-refractivity contribution in [3.05, 3.63) is 75.4 Å². The highest BCUT2D eigenvalue weighted by Crippen LogP contribution is 2.40. The highest BCUT2D eigenvalue weighted by atomic mass is 35.5. The van der Waals surface area contributed by atoms with E-state index in [0.29, 0.717) is 20.7 Å². The molecule has 132 valence electrons. The summed E-state index contributed by atoms with van der Waals surface area (Å²) in [5.74, 6) is -0.717. The van der Waals surface area contributed by atoms with Crippen LogP contribution >= 0.6 is 23.4 Å². The second-order valence-corrected chi connectivity index (χ2v) is 6.78. The number of nitrogens with zero attached hydrogens (tertiary/aromatic N) is 1. The number of thioether (sulfide) groups is 1. The number of aliphatic hydroxyl groups excluding tert-OH is 1. The number of halogens is 1. The van der Waals surface area contributed by atoms with Crippen LogP contribution in [0.1, 0.15) is 5.56 Å². The van der Waals surface area contributed by atoms with Crippen LogP contribution in [0.5, 0.6) is 5.75 Å². The summed E-state index contributed by atoms with van der Waals surface area (Å²) < 4.78 is 4.77. The van der Waals surface area contributed by atoms with E-state index in [1.165, 1.54) is 19.2 Å². The molecular weight excluding hydrogens is 374 g/mol. The molecule has 0 aromatic heterocycles. The number of phenols is 1. The van der Waals surface area contributed by atoms with Gasteiger partial charge in [0.2, 0.25) is 0 Å². The van der Waals surface area contributed by atoms with Crippen molar-refractivity contribution >= 4 is 46.1 Å². The van der Waals surface area contributed by atoms with Crippen molar-refractivity contribution in [3.63, 3.8) is 0 Å². The summed E-state index contributed by atoms with van der Waals surface area (Å²) in [5, 5.41) is 20.8. The second kappa shape index (κ2) is 7.68. The molecule has 3 rings (SSSR count). The maximum atomic E-state index is 12.1. The SMILES string of the molecule is COC(=O)C1=C(O)/C(=C\c2ccc(O)cc2)SC1=Nc1ccc(Cl)cc1. The maximum absolute atomic E-state index is 12.1. The Morgan fingerprint density at radius 2 is 1.77 bits per heavy atom. The van der Waals surface area contributed by atoms with E-state index in [-0.39, 0.29) is 17.1 Å². The van der Waals surface area contributed by atoms with E-state index in [4.69, 9.17) is 16.3 Å². The van der Waals surface area contributed by atoms with Crippen LogP contribution in [-0.2, 0) is 9.53 Å². The molecule has 0 saturated heterocycles. The predicted molar refractivity (Wildman–Crippen MR) is 104 cm³/mol. The van der Waals surface area contributed by atoms with Gasteiger partial charge in [-0.2, -0.15) is 0 Å². The molecule has 0 amide bonds. The Kier molecular flexibility index (Phi) is 5.35. The first-order valence-electron chi connectivity index (χ1n) is 7.53. The summed E-state index contributed by atoms with van der Waals surface area (Å²) in [7, 11) is 1.24. The number of ether oxygens (including phenoxy) is 1. The number of phenolic OH excluding ortho intramolecular Hbond substituents is 1. The van der Waals surface area contributed by atoms with Crippen LogP contribution < -0.4 is 0 Å². The van der Waals surface area contributed by atoms with Crippen molar-refractivity contribution in [2.45, 2.75) is 0 Å². The largest absolute Gasteiger partial charge is 0.508 e. The first-order valence-corrected chi connectivity index (χ1v) is 8.72. The normalized spacial score (nSPS) is 17.2. The standard InChI is InChI=1S/C19H14ClNO4S/c1-25-19(24)16-17(23)15(10-11-2-8-14(22)9-3-11)26-18(16)21-13-6-4-12(20)5-7-13/h2-10,22-23H,1H3/b15-10+,21-18?. The van der Waals surface area contributed by atoms with Gasteiger partial charge in [-0.1, -0.05) is 35.5 Å². The number of carbonyl (C=O) groups excluding carboxylic acids is 1. The van der Waals surface area contributed by atoms with Crippen LogP contribution in [0.4, 0.5) is 5.69 Å². The van der Waals surface area contributed by atoms with Crippen molar-refractivity contribution in [1.29, 1.82) is 0 Å². The number of rotatable bonds is 3. The van der Waals surface area contributed by atoms with Gasteiger partial charge in [0.1, 0.15) is 22.1 Å². The van der Waals surface area contributed by atoms with Gasteiger partial charge in [0, 0.05) is 5.02 Å². The van der Waals surface area contributed by atoms with E-state index < -0.39 is 5.97 Å². The molecule has 0 fully saturated rings. The summed E-state index contributed by atoms with van der Waals surface area (Å²) in [4.78, 5) is 17.0. The molecule has 2 N–H and O–H groups in total. The van der Waals surface area contributed by atoms with Crippen molar-refractivity contribution < 1.29 is 19.7 Å². The summed E-state index contributed by atoms with van der Waals surface area (Å²) in [6, 6.07) is 13.3. The number of carbonyl (C=O) groups is 1. The number of aromatic hydroxyl groups is 1. The topological polar surface area (TPSA) is 79.1 Å². The minimum atomic E-state index is -0.670. The molecule has 0 saturated carbocycles. The van der Waals surface area contributed by atoms with Crippen molar-refractivity contribution in [2.24, 2.45) is 4.99 Å². The van der Waals surface area contributed by atoms with Gasteiger partial charge in [-0.05, 0) is 48.0 Å². The fraction of sp³-hybridized carbons (Fsp3) is 0.0526. The van der Waals surface area contributed by atoms with Gasteiger partial charge in [0.25, 0.3) is 0 Å². The Balaban J connectivity index is 2.02. The van der Waals surface area contributed by atoms with Gasteiger partial charge in [-0.15, -0.1) is 0 Å². The van der Waals surface area contributed by atoms with Crippen LogP contribution in [-0.4, -0.2) is 28.3 Å². The van der Waals surface area contributed by atoms with Crippen LogP contribution in [0.2, 0.25) is 5.02 Å².